The summed E-state index contributed by atoms with van der Waals surface area (Å²) in [5, 5.41) is 2.64. The predicted octanol–water partition coefficient (Wildman–Crippen LogP) is 3.64. The smallest absolute Gasteiger partial charge is 0.319 e. The third-order valence-electron chi connectivity index (χ3n) is 2.84. The van der Waals surface area contributed by atoms with Crippen LogP contribution in [0.2, 0.25) is 5.02 Å². The molecule has 0 heterocycles. The maximum Gasteiger partial charge on any atom is 0.319 e. The SMILES string of the molecule is CCOC(=O)C(C(=O)Nc1ccc(Cl)cc1F)C(C)(C)C. The molecule has 0 saturated carbocycles. The molecule has 0 aliphatic carbocycles. The number of hydrogen-bond donors (Lipinski definition) is 1. The van der Waals surface area contributed by atoms with Crippen LogP contribution in [0.25, 0.3) is 0 Å². The zero-order valence-corrected chi connectivity index (χ0v) is 13.3. The second-order valence-corrected chi connectivity index (χ2v) is 6.10. The summed E-state index contributed by atoms with van der Waals surface area (Å²) in [6.45, 7) is 7.06. The van der Waals surface area contributed by atoms with Crippen molar-refractivity contribution in [3.63, 3.8) is 0 Å². The normalized spacial score (nSPS) is 12.7. The molecule has 1 unspecified atom stereocenters. The standard InChI is InChI=1S/C15H19ClFNO3/c1-5-21-14(20)12(15(2,3)4)13(19)18-11-7-6-9(16)8-10(11)17/h6-8,12H,5H2,1-4H3,(H,18,19). The number of rotatable bonds is 4. The van der Waals surface area contributed by atoms with Gasteiger partial charge in [0.25, 0.3) is 0 Å². The number of carbonyl (C=O) groups excluding carboxylic acids is 2. The Morgan fingerprint density at radius 3 is 2.48 bits per heavy atom. The van der Waals surface area contributed by atoms with E-state index >= 15 is 0 Å². The maximum absolute atomic E-state index is 13.7. The van der Waals surface area contributed by atoms with Gasteiger partial charge in [0.15, 0.2) is 0 Å². The Morgan fingerprint density at radius 2 is 2.00 bits per heavy atom. The number of amides is 1. The molecule has 4 nitrogen and oxygen atoms in total. The van der Waals surface area contributed by atoms with Crippen molar-refractivity contribution in [2.24, 2.45) is 11.3 Å². The lowest BCUT2D eigenvalue weighted by molar-refractivity contribution is -0.155. The van der Waals surface area contributed by atoms with Crippen molar-refractivity contribution in [2.75, 3.05) is 11.9 Å². The van der Waals surface area contributed by atoms with Gasteiger partial charge in [-0.3, -0.25) is 9.59 Å². The number of benzene rings is 1. The molecule has 1 N–H and O–H groups in total. The summed E-state index contributed by atoms with van der Waals surface area (Å²) in [4.78, 5) is 24.3. The van der Waals surface area contributed by atoms with Gasteiger partial charge in [0.2, 0.25) is 5.91 Å². The Morgan fingerprint density at radius 1 is 1.38 bits per heavy atom. The van der Waals surface area contributed by atoms with Gasteiger partial charge in [-0.15, -0.1) is 0 Å². The summed E-state index contributed by atoms with van der Waals surface area (Å²) in [6, 6.07) is 3.89. The van der Waals surface area contributed by atoms with Crippen molar-refractivity contribution in [2.45, 2.75) is 27.7 Å². The van der Waals surface area contributed by atoms with E-state index in [4.69, 9.17) is 16.3 Å². The largest absolute Gasteiger partial charge is 0.465 e. The molecule has 0 spiro atoms. The molecule has 1 atom stereocenters. The Balaban J connectivity index is 2.99. The number of anilines is 1. The second-order valence-electron chi connectivity index (χ2n) is 5.66. The average Bonchev–Trinajstić information content (AvgIpc) is 2.31. The molecule has 0 aliphatic heterocycles. The van der Waals surface area contributed by atoms with E-state index in [1.54, 1.807) is 27.7 Å². The fourth-order valence-corrected chi connectivity index (χ4v) is 2.03. The number of nitrogens with one attached hydrogen (secondary N) is 1. The van der Waals surface area contributed by atoms with E-state index in [2.05, 4.69) is 5.32 Å². The van der Waals surface area contributed by atoms with Crippen LogP contribution in [0.3, 0.4) is 0 Å². The minimum Gasteiger partial charge on any atom is -0.465 e. The van der Waals surface area contributed by atoms with Gasteiger partial charge in [-0.1, -0.05) is 32.4 Å². The summed E-state index contributed by atoms with van der Waals surface area (Å²) in [7, 11) is 0. The molecular formula is C15H19ClFNO3. The molecule has 0 aliphatic rings. The van der Waals surface area contributed by atoms with Crippen LogP contribution in [0.1, 0.15) is 27.7 Å². The van der Waals surface area contributed by atoms with E-state index < -0.39 is 29.0 Å². The van der Waals surface area contributed by atoms with E-state index in [0.717, 1.165) is 6.07 Å². The van der Waals surface area contributed by atoms with Crippen molar-refractivity contribution >= 4 is 29.2 Å². The van der Waals surface area contributed by atoms with E-state index in [1.807, 2.05) is 0 Å². The summed E-state index contributed by atoms with van der Waals surface area (Å²) in [5.74, 6) is -2.93. The number of ether oxygens (including phenoxy) is 1. The highest BCUT2D eigenvalue weighted by molar-refractivity contribution is 6.30. The fraction of sp³-hybridized carbons (Fsp3) is 0.467. The Kier molecular flexibility index (Phi) is 5.72. The minimum atomic E-state index is -1.03. The van der Waals surface area contributed by atoms with Crippen LogP contribution in [0.15, 0.2) is 18.2 Å². The lowest BCUT2D eigenvalue weighted by atomic mass is 9.80. The molecule has 0 aromatic heterocycles. The van der Waals surface area contributed by atoms with Gasteiger partial charge in [0.1, 0.15) is 11.7 Å². The van der Waals surface area contributed by atoms with Crippen LogP contribution >= 0.6 is 11.6 Å². The first-order chi connectivity index (χ1) is 9.66. The van der Waals surface area contributed by atoms with Gasteiger partial charge >= 0.3 is 5.97 Å². The monoisotopic (exact) mass is 315 g/mol. The third-order valence-corrected chi connectivity index (χ3v) is 3.07. The van der Waals surface area contributed by atoms with Crippen LogP contribution in [-0.4, -0.2) is 18.5 Å². The van der Waals surface area contributed by atoms with Gasteiger partial charge in [0, 0.05) is 5.02 Å². The number of halogens is 2. The predicted molar refractivity (Wildman–Crippen MR) is 79.6 cm³/mol. The highest BCUT2D eigenvalue weighted by Crippen LogP contribution is 2.29. The zero-order valence-electron chi connectivity index (χ0n) is 12.5. The van der Waals surface area contributed by atoms with E-state index in [1.165, 1.54) is 12.1 Å². The van der Waals surface area contributed by atoms with Crippen molar-refractivity contribution in [3.8, 4) is 0 Å². The molecule has 0 fully saturated rings. The highest BCUT2D eigenvalue weighted by Gasteiger charge is 2.39. The van der Waals surface area contributed by atoms with Crippen molar-refractivity contribution in [1.29, 1.82) is 0 Å². The zero-order chi connectivity index (χ0) is 16.2. The maximum atomic E-state index is 13.7. The summed E-state index contributed by atoms with van der Waals surface area (Å²) in [6.07, 6.45) is 0. The quantitative estimate of drug-likeness (QED) is 0.681. The molecule has 21 heavy (non-hydrogen) atoms. The average molecular weight is 316 g/mol. The van der Waals surface area contributed by atoms with E-state index in [-0.39, 0.29) is 17.3 Å². The van der Waals surface area contributed by atoms with Gasteiger partial charge in [-0.05, 0) is 30.5 Å². The minimum absolute atomic E-state index is 0.0250. The molecule has 0 saturated heterocycles. The molecule has 6 heteroatoms. The molecule has 1 amide bonds. The lowest BCUT2D eigenvalue weighted by Gasteiger charge is -2.27. The fourth-order valence-electron chi connectivity index (χ4n) is 1.88. The van der Waals surface area contributed by atoms with Gasteiger partial charge in [-0.2, -0.15) is 0 Å². The van der Waals surface area contributed by atoms with E-state index in [0.29, 0.717) is 0 Å². The molecule has 116 valence electrons. The van der Waals surface area contributed by atoms with Gasteiger partial charge < -0.3 is 10.1 Å². The number of hydrogen-bond acceptors (Lipinski definition) is 3. The van der Waals surface area contributed by atoms with Crippen LogP contribution in [0.5, 0.6) is 0 Å². The van der Waals surface area contributed by atoms with Crippen molar-refractivity contribution in [1.82, 2.24) is 0 Å². The first kappa shape index (κ1) is 17.4. The second kappa shape index (κ2) is 6.89. The number of carbonyl (C=O) groups is 2. The Bertz CT molecular complexity index is 540. The van der Waals surface area contributed by atoms with Crippen LogP contribution in [0.4, 0.5) is 10.1 Å². The molecule has 0 radical (unpaired) electrons. The molecule has 1 aromatic rings. The van der Waals surface area contributed by atoms with Crippen molar-refractivity contribution < 1.29 is 18.7 Å². The summed E-state index contributed by atoms with van der Waals surface area (Å²) >= 11 is 5.65. The first-order valence-electron chi connectivity index (χ1n) is 6.59. The molecule has 0 bridgehead atoms. The van der Waals surface area contributed by atoms with Crippen LogP contribution in [-0.2, 0) is 14.3 Å². The van der Waals surface area contributed by atoms with Crippen LogP contribution in [0, 0.1) is 17.2 Å². The first-order valence-corrected chi connectivity index (χ1v) is 6.97. The number of esters is 1. The molecule has 1 rings (SSSR count). The summed E-state index contributed by atoms with van der Waals surface area (Å²) in [5.41, 5.74) is -0.679. The van der Waals surface area contributed by atoms with Crippen molar-refractivity contribution in [3.05, 3.63) is 29.0 Å². The third kappa shape index (κ3) is 4.70. The summed E-state index contributed by atoms with van der Waals surface area (Å²) < 4.78 is 18.6. The Hall–Kier alpha value is -1.62. The van der Waals surface area contributed by atoms with E-state index in [9.17, 15) is 14.0 Å². The molecular weight excluding hydrogens is 297 g/mol. The van der Waals surface area contributed by atoms with Gasteiger partial charge in [-0.25, -0.2) is 4.39 Å². The topological polar surface area (TPSA) is 55.4 Å². The lowest BCUT2D eigenvalue weighted by Crippen LogP contribution is -2.40. The van der Waals surface area contributed by atoms with Crippen LogP contribution < -0.4 is 5.32 Å². The highest BCUT2D eigenvalue weighted by atomic mass is 35.5. The van der Waals surface area contributed by atoms with Gasteiger partial charge in [0.05, 0.1) is 12.3 Å². The molecule has 1 aromatic carbocycles. The Labute approximate surface area is 128 Å².